The van der Waals surface area contributed by atoms with Crippen LogP contribution in [0.2, 0.25) is 5.02 Å². The molecule has 3 rings (SSSR count). The molecule has 5 nitrogen and oxygen atoms in total. The Labute approximate surface area is 137 Å². The molecule has 1 aliphatic rings. The number of halogens is 1. The molecule has 0 saturated carbocycles. The van der Waals surface area contributed by atoms with Gasteiger partial charge in [0.25, 0.3) is 0 Å². The summed E-state index contributed by atoms with van der Waals surface area (Å²) < 4.78 is 15.8. The Morgan fingerprint density at radius 1 is 1.00 bits per heavy atom. The molecule has 0 fully saturated rings. The van der Waals surface area contributed by atoms with E-state index in [4.69, 9.17) is 25.8 Å². The van der Waals surface area contributed by atoms with E-state index < -0.39 is 5.97 Å². The number of rotatable bonds is 4. The predicted octanol–water partition coefficient (Wildman–Crippen LogP) is 3.15. The molecule has 6 heteroatoms. The largest absolute Gasteiger partial charge is 0.486 e. The first-order chi connectivity index (χ1) is 11.1. The van der Waals surface area contributed by atoms with Crippen LogP contribution in [0.15, 0.2) is 42.5 Å². The Balaban J connectivity index is 1.64. The molecule has 0 unspecified atom stereocenters. The average Bonchev–Trinajstić information content (AvgIpc) is 2.59. The number of carbonyl (C=O) groups is 2. The van der Waals surface area contributed by atoms with Crippen LogP contribution in [-0.2, 0) is 4.74 Å². The summed E-state index contributed by atoms with van der Waals surface area (Å²) in [5.41, 5.74) is 0.695. The normalized spacial score (nSPS) is 12.6. The summed E-state index contributed by atoms with van der Waals surface area (Å²) >= 11 is 5.83. The fourth-order valence-electron chi connectivity index (χ4n) is 2.13. The van der Waals surface area contributed by atoms with Crippen LogP contribution in [0.1, 0.15) is 20.7 Å². The molecule has 0 saturated heterocycles. The topological polar surface area (TPSA) is 61.8 Å². The van der Waals surface area contributed by atoms with Crippen molar-refractivity contribution in [3.8, 4) is 11.5 Å². The maximum atomic E-state index is 12.0. The predicted molar refractivity (Wildman–Crippen MR) is 83.5 cm³/mol. The number of Topliss-reactive ketones (excluding diaryl/α,β-unsaturated/α-hetero) is 1. The fraction of sp³-hybridized carbons (Fsp3) is 0.176. The summed E-state index contributed by atoms with van der Waals surface area (Å²) in [7, 11) is 0. The summed E-state index contributed by atoms with van der Waals surface area (Å²) in [5, 5.41) is 0.453. The molecule has 2 aromatic rings. The van der Waals surface area contributed by atoms with Crippen molar-refractivity contribution >= 4 is 23.4 Å². The number of esters is 1. The number of hydrogen-bond donors (Lipinski definition) is 0. The average molecular weight is 333 g/mol. The molecule has 0 N–H and O–H groups in total. The van der Waals surface area contributed by atoms with E-state index >= 15 is 0 Å². The van der Waals surface area contributed by atoms with Gasteiger partial charge >= 0.3 is 5.97 Å². The maximum Gasteiger partial charge on any atom is 0.338 e. The van der Waals surface area contributed by atoms with Crippen LogP contribution in [0, 0.1) is 0 Å². The Kier molecular flexibility index (Phi) is 4.48. The van der Waals surface area contributed by atoms with Crippen molar-refractivity contribution in [1.82, 2.24) is 0 Å². The Hall–Kier alpha value is -2.53. The van der Waals surface area contributed by atoms with Gasteiger partial charge in [-0.2, -0.15) is 0 Å². The first-order valence-electron chi connectivity index (χ1n) is 6.99. The summed E-state index contributed by atoms with van der Waals surface area (Å²) in [6, 6.07) is 11.2. The van der Waals surface area contributed by atoms with E-state index in [1.165, 1.54) is 6.07 Å². The highest BCUT2D eigenvalue weighted by Gasteiger charge is 2.17. The molecule has 0 amide bonds. The van der Waals surface area contributed by atoms with Gasteiger partial charge in [-0.25, -0.2) is 4.79 Å². The van der Waals surface area contributed by atoms with Gasteiger partial charge in [0.1, 0.15) is 13.2 Å². The second-order valence-corrected chi connectivity index (χ2v) is 5.30. The van der Waals surface area contributed by atoms with Crippen molar-refractivity contribution < 1.29 is 23.8 Å². The number of benzene rings is 2. The molecule has 0 aliphatic carbocycles. The van der Waals surface area contributed by atoms with E-state index in [2.05, 4.69) is 0 Å². The van der Waals surface area contributed by atoms with Crippen LogP contribution in [0.5, 0.6) is 11.5 Å². The zero-order valence-electron chi connectivity index (χ0n) is 12.1. The van der Waals surface area contributed by atoms with Crippen molar-refractivity contribution in [2.45, 2.75) is 0 Å². The molecule has 118 valence electrons. The highest BCUT2D eigenvalue weighted by molar-refractivity contribution is 6.31. The standard InChI is InChI=1S/C17H13ClO5/c18-13-3-1-2-11(8-13)14(19)10-23-17(20)12-4-5-15-16(9-12)22-7-6-21-15/h1-5,8-9H,6-7,10H2. The van der Waals surface area contributed by atoms with Crippen molar-refractivity contribution in [2.75, 3.05) is 19.8 Å². The van der Waals surface area contributed by atoms with Gasteiger partial charge in [-0.15, -0.1) is 0 Å². The number of carbonyl (C=O) groups excluding carboxylic acids is 2. The van der Waals surface area contributed by atoms with Gasteiger partial charge in [-0.1, -0.05) is 23.7 Å². The van der Waals surface area contributed by atoms with E-state index in [1.807, 2.05) is 0 Å². The molecular formula is C17H13ClO5. The lowest BCUT2D eigenvalue weighted by atomic mass is 10.1. The van der Waals surface area contributed by atoms with Crippen molar-refractivity contribution in [1.29, 1.82) is 0 Å². The van der Waals surface area contributed by atoms with Crippen LogP contribution in [0.25, 0.3) is 0 Å². The van der Waals surface area contributed by atoms with Gasteiger partial charge in [0, 0.05) is 10.6 Å². The lowest BCUT2D eigenvalue weighted by Crippen LogP contribution is -2.17. The third-order valence-corrected chi connectivity index (χ3v) is 3.49. The minimum absolute atomic E-state index is 0.299. The molecule has 0 spiro atoms. The summed E-state index contributed by atoms with van der Waals surface area (Å²) in [6.07, 6.45) is 0. The Morgan fingerprint density at radius 2 is 1.78 bits per heavy atom. The smallest absolute Gasteiger partial charge is 0.338 e. The maximum absolute atomic E-state index is 12.0. The van der Waals surface area contributed by atoms with Crippen LogP contribution in [0.4, 0.5) is 0 Å². The second kappa shape index (κ2) is 6.71. The Bertz CT molecular complexity index is 756. The molecule has 0 atom stereocenters. The number of ketones is 1. The van der Waals surface area contributed by atoms with Crippen molar-refractivity contribution in [2.24, 2.45) is 0 Å². The van der Waals surface area contributed by atoms with Crippen LogP contribution in [0.3, 0.4) is 0 Å². The van der Waals surface area contributed by atoms with E-state index in [0.717, 1.165) is 0 Å². The lowest BCUT2D eigenvalue weighted by molar-refractivity contribution is 0.0474. The monoisotopic (exact) mass is 332 g/mol. The third-order valence-electron chi connectivity index (χ3n) is 3.26. The number of hydrogen-bond acceptors (Lipinski definition) is 5. The van der Waals surface area contributed by atoms with Gasteiger partial charge in [-0.05, 0) is 30.3 Å². The quantitative estimate of drug-likeness (QED) is 0.635. The van der Waals surface area contributed by atoms with E-state index in [1.54, 1.807) is 36.4 Å². The minimum atomic E-state index is -0.600. The highest BCUT2D eigenvalue weighted by Crippen LogP contribution is 2.30. The number of fused-ring (bicyclic) bond motifs is 1. The summed E-state index contributed by atoms with van der Waals surface area (Å²) in [5.74, 6) is 0.158. The molecule has 2 aromatic carbocycles. The zero-order chi connectivity index (χ0) is 16.2. The van der Waals surface area contributed by atoms with Crippen molar-refractivity contribution in [3.05, 3.63) is 58.6 Å². The molecule has 1 aliphatic heterocycles. The molecule has 1 heterocycles. The fourth-order valence-corrected chi connectivity index (χ4v) is 2.32. The zero-order valence-corrected chi connectivity index (χ0v) is 12.8. The molecule has 0 radical (unpaired) electrons. The van der Waals surface area contributed by atoms with Crippen LogP contribution in [-0.4, -0.2) is 31.6 Å². The van der Waals surface area contributed by atoms with Gasteiger partial charge < -0.3 is 14.2 Å². The van der Waals surface area contributed by atoms with Gasteiger partial charge in [0.2, 0.25) is 0 Å². The van der Waals surface area contributed by atoms with Gasteiger partial charge in [0.15, 0.2) is 23.9 Å². The molecule has 0 bridgehead atoms. The SMILES string of the molecule is O=C(COC(=O)c1ccc2c(c1)OCCO2)c1cccc(Cl)c1. The van der Waals surface area contributed by atoms with Crippen LogP contribution >= 0.6 is 11.6 Å². The van der Waals surface area contributed by atoms with E-state index in [0.29, 0.717) is 40.9 Å². The Morgan fingerprint density at radius 3 is 2.57 bits per heavy atom. The van der Waals surface area contributed by atoms with Gasteiger partial charge in [0.05, 0.1) is 5.56 Å². The summed E-state index contributed by atoms with van der Waals surface area (Å²) in [4.78, 5) is 24.0. The number of ether oxygens (including phenoxy) is 3. The van der Waals surface area contributed by atoms with Crippen LogP contribution < -0.4 is 9.47 Å². The lowest BCUT2D eigenvalue weighted by Gasteiger charge is -2.18. The third kappa shape index (κ3) is 3.63. The molecular weight excluding hydrogens is 320 g/mol. The second-order valence-electron chi connectivity index (χ2n) is 4.87. The van der Waals surface area contributed by atoms with Crippen molar-refractivity contribution in [3.63, 3.8) is 0 Å². The summed E-state index contributed by atoms with van der Waals surface area (Å²) in [6.45, 7) is 0.553. The molecule has 0 aromatic heterocycles. The van der Waals surface area contributed by atoms with E-state index in [9.17, 15) is 9.59 Å². The van der Waals surface area contributed by atoms with E-state index in [-0.39, 0.29) is 12.4 Å². The van der Waals surface area contributed by atoms with Gasteiger partial charge in [-0.3, -0.25) is 4.79 Å². The molecule has 23 heavy (non-hydrogen) atoms. The first-order valence-corrected chi connectivity index (χ1v) is 7.37. The first kappa shape index (κ1) is 15.4. The minimum Gasteiger partial charge on any atom is -0.486 e. The highest BCUT2D eigenvalue weighted by atomic mass is 35.5.